The lowest BCUT2D eigenvalue weighted by Crippen LogP contribution is -2.58. The van der Waals surface area contributed by atoms with Gasteiger partial charge in [0, 0.05) is 38.6 Å². The van der Waals surface area contributed by atoms with E-state index in [2.05, 4.69) is 15.3 Å². The summed E-state index contributed by atoms with van der Waals surface area (Å²) in [5.74, 6) is 0.234. The molecule has 8 nitrogen and oxygen atoms in total. The summed E-state index contributed by atoms with van der Waals surface area (Å²) in [4.78, 5) is 38.7. The van der Waals surface area contributed by atoms with Crippen LogP contribution in [0.15, 0.2) is 48.8 Å². The Hall–Kier alpha value is -3.00. The predicted octanol–water partition coefficient (Wildman–Crippen LogP) is 1.11. The molecule has 0 radical (unpaired) electrons. The first-order valence-corrected chi connectivity index (χ1v) is 10.9. The van der Waals surface area contributed by atoms with Crippen molar-refractivity contribution in [1.82, 2.24) is 20.2 Å². The Kier molecular flexibility index (Phi) is 6.46. The van der Waals surface area contributed by atoms with Crippen LogP contribution in [0.5, 0.6) is 0 Å². The summed E-state index contributed by atoms with van der Waals surface area (Å²) in [5.41, 5.74) is 0.351. The molecule has 1 saturated heterocycles. The molecule has 2 heterocycles. The number of rotatable bonds is 6. The molecule has 4 rings (SSSR count). The molecule has 31 heavy (non-hydrogen) atoms. The lowest BCUT2D eigenvalue weighted by molar-refractivity contribution is -0.139. The molecule has 1 aromatic carbocycles. The van der Waals surface area contributed by atoms with Crippen molar-refractivity contribution < 1.29 is 14.7 Å². The maximum Gasteiger partial charge on any atom is 0.247 e. The van der Waals surface area contributed by atoms with Crippen molar-refractivity contribution >= 4 is 17.8 Å². The number of benzene rings is 1. The van der Waals surface area contributed by atoms with Crippen LogP contribution in [-0.2, 0) is 15.0 Å². The highest BCUT2D eigenvalue weighted by Crippen LogP contribution is 2.41. The largest absolute Gasteiger partial charge is 0.394 e. The Morgan fingerprint density at radius 3 is 2.26 bits per heavy atom. The summed E-state index contributed by atoms with van der Waals surface area (Å²) in [5, 5.41) is 12.8. The molecule has 2 aromatic rings. The van der Waals surface area contributed by atoms with E-state index in [9.17, 15) is 14.7 Å². The standard InChI is InChI=1S/C23H29N5O3/c29-17-19(20(30)27-13-15-28(16-14-27)22-24-11-6-12-25-22)26-21(31)23(9-4-5-10-23)18-7-2-1-3-8-18/h1-3,6-8,11-12,19,29H,4-5,9-10,13-17H2,(H,26,31)/t19-/m0/s1. The fourth-order valence-electron chi connectivity index (χ4n) is 4.67. The van der Waals surface area contributed by atoms with E-state index in [-0.39, 0.29) is 11.8 Å². The zero-order valence-electron chi connectivity index (χ0n) is 17.6. The second kappa shape index (κ2) is 9.43. The lowest BCUT2D eigenvalue weighted by atomic mass is 9.78. The van der Waals surface area contributed by atoms with Crippen LogP contribution in [-0.4, -0.2) is 70.6 Å². The number of carbonyl (C=O) groups is 2. The van der Waals surface area contributed by atoms with Gasteiger partial charge in [0.1, 0.15) is 6.04 Å². The Bertz CT molecular complexity index is 879. The molecule has 2 fully saturated rings. The Morgan fingerprint density at radius 2 is 1.65 bits per heavy atom. The molecule has 2 amide bonds. The Morgan fingerprint density at radius 1 is 1.00 bits per heavy atom. The maximum atomic E-state index is 13.3. The molecule has 1 aromatic heterocycles. The minimum Gasteiger partial charge on any atom is -0.394 e. The van der Waals surface area contributed by atoms with E-state index in [1.54, 1.807) is 23.4 Å². The molecule has 164 valence electrons. The predicted molar refractivity (Wildman–Crippen MR) is 116 cm³/mol. The third-order valence-corrected chi connectivity index (χ3v) is 6.43. The van der Waals surface area contributed by atoms with Gasteiger partial charge in [-0.3, -0.25) is 9.59 Å². The van der Waals surface area contributed by atoms with Gasteiger partial charge in [-0.2, -0.15) is 0 Å². The number of aliphatic hydroxyl groups is 1. The molecule has 2 N–H and O–H groups in total. The second-order valence-electron chi connectivity index (χ2n) is 8.22. The summed E-state index contributed by atoms with van der Waals surface area (Å²) >= 11 is 0. The summed E-state index contributed by atoms with van der Waals surface area (Å²) in [6, 6.07) is 10.6. The van der Waals surface area contributed by atoms with Crippen LogP contribution in [0.2, 0.25) is 0 Å². The van der Waals surface area contributed by atoms with E-state index >= 15 is 0 Å². The first-order chi connectivity index (χ1) is 15.1. The molecule has 2 aliphatic rings. The van der Waals surface area contributed by atoms with Gasteiger partial charge in [0.05, 0.1) is 12.0 Å². The molecule has 0 bridgehead atoms. The van der Waals surface area contributed by atoms with Crippen LogP contribution in [0.3, 0.4) is 0 Å². The van der Waals surface area contributed by atoms with Gasteiger partial charge in [-0.25, -0.2) is 9.97 Å². The van der Waals surface area contributed by atoms with Gasteiger partial charge in [0.25, 0.3) is 0 Å². The molecule has 1 atom stereocenters. The summed E-state index contributed by atoms with van der Waals surface area (Å²) in [6.45, 7) is 1.78. The van der Waals surface area contributed by atoms with Crippen LogP contribution in [0, 0.1) is 0 Å². The number of nitrogens with one attached hydrogen (secondary N) is 1. The SMILES string of the molecule is O=C([C@H](CO)NC(=O)C1(c2ccccc2)CCCC1)N1CCN(c2ncccn2)CC1. The quantitative estimate of drug-likeness (QED) is 0.722. The van der Waals surface area contributed by atoms with Crippen LogP contribution in [0.4, 0.5) is 5.95 Å². The van der Waals surface area contributed by atoms with E-state index in [0.29, 0.717) is 32.1 Å². The van der Waals surface area contributed by atoms with Gasteiger partial charge < -0.3 is 20.2 Å². The van der Waals surface area contributed by atoms with Crippen molar-refractivity contribution in [1.29, 1.82) is 0 Å². The van der Waals surface area contributed by atoms with Crippen molar-refractivity contribution in [3.05, 3.63) is 54.4 Å². The van der Waals surface area contributed by atoms with Crippen molar-refractivity contribution in [3.63, 3.8) is 0 Å². The van der Waals surface area contributed by atoms with E-state index in [1.165, 1.54) is 0 Å². The molecule has 1 aliphatic heterocycles. The molecular weight excluding hydrogens is 394 g/mol. The van der Waals surface area contributed by atoms with Crippen LogP contribution in [0.25, 0.3) is 0 Å². The highest BCUT2D eigenvalue weighted by molar-refractivity contribution is 5.93. The zero-order chi connectivity index (χ0) is 21.7. The van der Waals surface area contributed by atoms with Crippen molar-refractivity contribution in [2.75, 3.05) is 37.7 Å². The molecule has 0 spiro atoms. The maximum absolute atomic E-state index is 13.3. The number of carbonyl (C=O) groups excluding carboxylic acids is 2. The number of anilines is 1. The fraction of sp³-hybridized carbons (Fsp3) is 0.478. The van der Waals surface area contributed by atoms with Crippen LogP contribution >= 0.6 is 0 Å². The first kappa shape index (κ1) is 21.2. The van der Waals surface area contributed by atoms with E-state index in [0.717, 1.165) is 31.2 Å². The van der Waals surface area contributed by atoms with Gasteiger partial charge in [0.2, 0.25) is 17.8 Å². The minimum absolute atomic E-state index is 0.167. The Balaban J connectivity index is 1.40. The highest BCUT2D eigenvalue weighted by atomic mass is 16.3. The summed E-state index contributed by atoms with van der Waals surface area (Å²) < 4.78 is 0. The molecule has 8 heteroatoms. The van der Waals surface area contributed by atoms with Gasteiger partial charge in [0.15, 0.2) is 0 Å². The first-order valence-electron chi connectivity index (χ1n) is 10.9. The normalized spacial score (nSPS) is 19.1. The number of aliphatic hydroxyl groups excluding tert-OH is 1. The highest BCUT2D eigenvalue weighted by Gasteiger charge is 2.44. The monoisotopic (exact) mass is 423 g/mol. The molecule has 1 aliphatic carbocycles. The third kappa shape index (κ3) is 4.39. The topological polar surface area (TPSA) is 98.7 Å². The van der Waals surface area contributed by atoms with E-state index < -0.39 is 18.1 Å². The Labute approximate surface area is 182 Å². The second-order valence-corrected chi connectivity index (χ2v) is 8.22. The van der Waals surface area contributed by atoms with Crippen LogP contribution < -0.4 is 10.2 Å². The fourth-order valence-corrected chi connectivity index (χ4v) is 4.67. The average Bonchev–Trinajstić information content (AvgIpc) is 3.35. The van der Waals surface area contributed by atoms with Crippen molar-refractivity contribution in [2.45, 2.75) is 37.1 Å². The minimum atomic E-state index is -0.937. The van der Waals surface area contributed by atoms with E-state index in [4.69, 9.17) is 0 Å². The number of piperazine rings is 1. The average molecular weight is 424 g/mol. The number of amides is 2. The summed E-state index contributed by atoms with van der Waals surface area (Å²) in [7, 11) is 0. The number of hydrogen-bond acceptors (Lipinski definition) is 6. The summed E-state index contributed by atoms with van der Waals surface area (Å²) in [6.07, 6.45) is 6.86. The number of aromatic nitrogens is 2. The van der Waals surface area contributed by atoms with Crippen molar-refractivity contribution in [2.24, 2.45) is 0 Å². The molecule has 0 unspecified atom stereocenters. The number of hydrogen-bond donors (Lipinski definition) is 2. The lowest BCUT2D eigenvalue weighted by Gasteiger charge is -2.37. The molecular formula is C23H29N5O3. The zero-order valence-corrected chi connectivity index (χ0v) is 17.6. The van der Waals surface area contributed by atoms with Gasteiger partial charge in [-0.05, 0) is 24.5 Å². The number of nitrogens with zero attached hydrogens (tertiary/aromatic N) is 4. The smallest absolute Gasteiger partial charge is 0.247 e. The van der Waals surface area contributed by atoms with Crippen molar-refractivity contribution in [3.8, 4) is 0 Å². The molecule has 1 saturated carbocycles. The van der Waals surface area contributed by atoms with E-state index in [1.807, 2.05) is 35.2 Å². The third-order valence-electron chi connectivity index (χ3n) is 6.43. The van der Waals surface area contributed by atoms with Gasteiger partial charge in [-0.1, -0.05) is 43.2 Å². The van der Waals surface area contributed by atoms with Gasteiger partial charge in [-0.15, -0.1) is 0 Å². The van der Waals surface area contributed by atoms with Crippen LogP contribution in [0.1, 0.15) is 31.2 Å². The van der Waals surface area contributed by atoms with Gasteiger partial charge >= 0.3 is 0 Å².